The standard InChI is InChI=1S/C38H14F6S6/c39-27-19-5-1-3-7-21(19)47-35(27)37-31(43)29(41)33(49-37)25-13-17-9-15-12-24-18(10-16(15)11-23(17)45-25)14-26(46-24)34-30(42)32(44)38(50-34)36-28(40)20-6-2-4-8-22(20)48-36/h1-14H. The van der Waals surface area contributed by atoms with Crippen LogP contribution in [0.5, 0.6) is 0 Å². The zero-order valence-electron chi connectivity index (χ0n) is 24.8. The number of hydrogen-bond acceptors (Lipinski definition) is 6. The molecule has 0 spiro atoms. The first-order valence-corrected chi connectivity index (χ1v) is 19.9. The molecule has 6 heterocycles. The van der Waals surface area contributed by atoms with Gasteiger partial charge >= 0.3 is 0 Å². The van der Waals surface area contributed by atoms with E-state index in [9.17, 15) is 0 Å². The Hall–Kier alpha value is -4.04. The Labute approximate surface area is 302 Å². The first-order valence-electron chi connectivity index (χ1n) is 15.0. The summed E-state index contributed by atoms with van der Waals surface area (Å²) in [6, 6.07) is 25.2. The Morgan fingerprint density at radius 1 is 0.300 bits per heavy atom. The van der Waals surface area contributed by atoms with Crippen LogP contribution in [0.3, 0.4) is 0 Å². The zero-order chi connectivity index (χ0) is 34.0. The highest BCUT2D eigenvalue weighted by atomic mass is 32.1. The molecular weight excluding hydrogens is 763 g/mol. The van der Waals surface area contributed by atoms with Gasteiger partial charge in [-0.25, -0.2) is 26.3 Å². The third-order valence-electron chi connectivity index (χ3n) is 8.63. The molecule has 0 bridgehead atoms. The molecule has 0 aliphatic heterocycles. The lowest BCUT2D eigenvalue weighted by molar-refractivity contribution is 0.520. The highest BCUT2D eigenvalue weighted by Crippen LogP contribution is 2.50. The number of benzene rings is 4. The summed E-state index contributed by atoms with van der Waals surface area (Å²) in [6.07, 6.45) is 0. The van der Waals surface area contributed by atoms with Crippen LogP contribution in [-0.4, -0.2) is 0 Å². The van der Waals surface area contributed by atoms with Crippen molar-refractivity contribution in [1.82, 2.24) is 0 Å². The zero-order valence-corrected chi connectivity index (χ0v) is 29.7. The van der Waals surface area contributed by atoms with Gasteiger partial charge in [-0.3, -0.25) is 0 Å². The van der Waals surface area contributed by atoms with Crippen LogP contribution < -0.4 is 0 Å². The van der Waals surface area contributed by atoms with Gasteiger partial charge in [-0.2, -0.15) is 0 Å². The molecule has 0 fully saturated rings. The van der Waals surface area contributed by atoms with Crippen LogP contribution in [0.15, 0.2) is 84.9 Å². The van der Waals surface area contributed by atoms with Crippen LogP contribution in [0.4, 0.5) is 26.3 Å². The lowest BCUT2D eigenvalue weighted by Gasteiger charge is -1.99. The summed E-state index contributed by atoms with van der Waals surface area (Å²) in [7, 11) is 0. The van der Waals surface area contributed by atoms with Crippen molar-refractivity contribution in [3.05, 3.63) is 120 Å². The highest BCUT2D eigenvalue weighted by Gasteiger charge is 2.28. The molecule has 0 unspecified atom stereocenters. The fraction of sp³-hybridized carbons (Fsp3) is 0. The lowest BCUT2D eigenvalue weighted by atomic mass is 10.1. The Kier molecular flexibility index (Phi) is 6.91. The molecule has 244 valence electrons. The van der Waals surface area contributed by atoms with Gasteiger partial charge in [0.25, 0.3) is 0 Å². The fourth-order valence-electron chi connectivity index (χ4n) is 6.26. The summed E-state index contributed by atoms with van der Waals surface area (Å²) in [5.74, 6) is -5.22. The molecule has 10 aromatic rings. The predicted octanol–water partition coefficient (Wildman–Crippen LogP) is 15.3. The van der Waals surface area contributed by atoms with Crippen molar-refractivity contribution in [3.63, 3.8) is 0 Å². The smallest absolute Gasteiger partial charge is 0.179 e. The molecule has 0 aliphatic carbocycles. The number of halogens is 6. The average Bonchev–Trinajstić information content (AvgIpc) is 3.96. The summed E-state index contributed by atoms with van der Waals surface area (Å²) in [5.41, 5.74) is 0. The second-order valence-electron chi connectivity index (χ2n) is 11.6. The summed E-state index contributed by atoms with van der Waals surface area (Å²) >= 11 is 6.64. The third kappa shape index (κ3) is 4.52. The van der Waals surface area contributed by atoms with Crippen LogP contribution in [0.1, 0.15) is 0 Å². The van der Waals surface area contributed by atoms with Crippen molar-refractivity contribution in [2.75, 3.05) is 0 Å². The van der Waals surface area contributed by atoms with Crippen LogP contribution >= 0.6 is 68.0 Å². The topological polar surface area (TPSA) is 0 Å². The van der Waals surface area contributed by atoms with E-state index in [0.29, 0.717) is 29.9 Å². The lowest BCUT2D eigenvalue weighted by Crippen LogP contribution is -1.80. The first kappa shape index (κ1) is 30.8. The van der Waals surface area contributed by atoms with Gasteiger partial charge in [-0.15, -0.1) is 68.0 Å². The third-order valence-corrected chi connectivity index (χ3v) is 16.1. The molecule has 10 rings (SSSR count). The number of fused-ring (bicyclic) bond motifs is 5. The molecule has 0 radical (unpaired) electrons. The van der Waals surface area contributed by atoms with Crippen LogP contribution in [-0.2, 0) is 0 Å². The molecule has 12 heteroatoms. The van der Waals surface area contributed by atoms with E-state index >= 15 is 26.3 Å². The van der Waals surface area contributed by atoms with E-state index in [2.05, 4.69) is 0 Å². The van der Waals surface area contributed by atoms with Crippen LogP contribution in [0, 0.1) is 34.9 Å². The molecule has 0 nitrogen and oxygen atoms in total. The minimum absolute atomic E-state index is 0.0574. The SMILES string of the molecule is Fc1c(-c2cc3cc4cc5sc(-c6sc(-c7sc8ccccc8c7F)c(F)c6F)cc5cc4cc3s2)sc(-c2sc3ccccc3c2F)c1F. The molecule has 0 N–H and O–H groups in total. The molecule has 6 aromatic heterocycles. The normalized spacial score (nSPS) is 12.2. The van der Waals surface area contributed by atoms with E-state index in [0.717, 1.165) is 76.3 Å². The van der Waals surface area contributed by atoms with Crippen molar-refractivity contribution < 1.29 is 26.3 Å². The van der Waals surface area contributed by atoms with E-state index < -0.39 is 34.9 Å². The molecule has 0 aliphatic rings. The Morgan fingerprint density at radius 3 is 1.10 bits per heavy atom. The second-order valence-corrected chi connectivity index (χ2v) is 17.9. The Balaban J connectivity index is 1.03. The molecule has 0 saturated carbocycles. The minimum atomic E-state index is -1.06. The Bertz CT molecular complexity index is 2750. The summed E-state index contributed by atoms with van der Waals surface area (Å²) in [5, 5.41) is 4.19. The van der Waals surface area contributed by atoms with Gasteiger partial charge in [-0.1, -0.05) is 36.4 Å². The largest absolute Gasteiger partial charge is 0.205 e. The van der Waals surface area contributed by atoms with Crippen molar-refractivity contribution in [2.45, 2.75) is 0 Å². The maximum atomic E-state index is 15.4. The molecule has 0 atom stereocenters. The van der Waals surface area contributed by atoms with Crippen LogP contribution in [0.2, 0.25) is 0 Å². The Morgan fingerprint density at radius 2 is 0.680 bits per heavy atom. The summed E-state index contributed by atoms with van der Waals surface area (Å²) in [6.45, 7) is 0. The van der Waals surface area contributed by atoms with E-state index in [-0.39, 0.29) is 29.3 Å². The average molecular weight is 777 g/mol. The van der Waals surface area contributed by atoms with Gasteiger partial charge in [-0.05, 0) is 70.1 Å². The van der Waals surface area contributed by atoms with E-state index in [1.165, 1.54) is 22.7 Å². The van der Waals surface area contributed by atoms with Gasteiger partial charge in [0.15, 0.2) is 34.9 Å². The number of thiophene rings is 6. The highest BCUT2D eigenvalue weighted by molar-refractivity contribution is 7.30. The number of hydrogen-bond donors (Lipinski definition) is 0. The predicted molar refractivity (Wildman–Crippen MR) is 203 cm³/mol. The van der Waals surface area contributed by atoms with Crippen molar-refractivity contribution in [1.29, 1.82) is 0 Å². The molecular formula is C38H14F6S6. The number of rotatable bonds is 4. The van der Waals surface area contributed by atoms with Gasteiger partial charge < -0.3 is 0 Å². The van der Waals surface area contributed by atoms with Crippen molar-refractivity contribution in [3.8, 4) is 39.0 Å². The maximum Gasteiger partial charge on any atom is 0.179 e. The molecule has 0 amide bonds. The van der Waals surface area contributed by atoms with E-state index in [1.807, 2.05) is 24.3 Å². The van der Waals surface area contributed by atoms with Gasteiger partial charge in [0, 0.05) is 39.3 Å². The van der Waals surface area contributed by atoms with Gasteiger partial charge in [0.05, 0.1) is 29.3 Å². The van der Waals surface area contributed by atoms with E-state index in [4.69, 9.17) is 0 Å². The summed E-state index contributed by atoms with van der Waals surface area (Å²) in [4.78, 5) is 1.36. The maximum absolute atomic E-state index is 15.4. The van der Waals surface area contributed by atoms with Crippen molar-refractivity contribution >= 4 is 119 Å². The molecule has 0 saturated heterocycles. The monoisotopic (exact) mass is 776 g/mol. The molecule has 50 heavy (non-hydrogen) atoms. The van der Waals surface area contributed by atoms with E-state index in [1.54, 1.807) is 60.7 Å². The second kappa shape index (κ2) is 11.2. The van der Waals surface area contributed by atoms with Crippen molar-refractivity contribution in [2.24, 2.45) is 0 Å². The quantitative estimate of drug-likeness (QED) is 0.156. The summed E-state index contributed by atoms with van der Waals surface area (Å²) < 4.78 is 94.8. The first-order chi connectivity index (χ1) is 24.2. The van der Waals surface area contributed by atoms with Gasteiger partial charge in [0.1, 0.15) is 0 Å². The van der Waals surface area contributed by atoms with Gasteiger partial charge in [0.2, 0.25) is 0 Å². The molecule has 4 aromatic carbocycles. The fourth-order valence-corrected chi connectivity index (χ4v) is 13.2. The van der Waals surface area contributed by atoms with Crippen LogP contribution in [0.25, 0.3) is 90.1 Å². The minimum Gasteiger partial charge on any atom is -0.205 e.